The molecule has 0 unspecified atom stereocenters. The molecule has 154 valence electrons. The molecule has 0 atom stereocenters. The highest BCUT2D eigenvalue weighted by atomic mass is 35.5. The van der Waals surface area contributed by atoms with E-state index in [2.05, 4.69) is 16.0 Å². The van der Waals surface area contributed by atoms with Crippen molar-refractivity contribution in [2.75, 3.05) is 23.0 Å². The van der Waals surface area contributed by atoms with Crippen LogP contribution in [0.1, 0.15) is 11.1 Å². The highest BCUT2D eigenvalue weighted by Gasteiger charge is 2.13. The Balaban J connectivity index is 1.63. The van der Waals surface area contributed by atoms with Crippen LogP contribution in [0.15, 0.2) is 72.8 Å². The Labute approximate surface area is 180 Å². The molecule has 7 heteroatoms. The van der Waals surface area contributed by atoms with Crippen LogP contribution in [-0.4, -0.2) is 24.0 Å². The molecule has 4 amide bonds. The second kappa shape index (κ2) is 9.80. The summed E-state index contributed by atoms with van der Waals surface area (Å²) in [6.07, 6.45) is 0. The smallest absolute Gasteiger partial charge is 0.323 e. The first-order valence-electron chi connectivity index (χ1n) is 9.41. The predicted molar refractivity (Wildman–Crippen MR) is 122 cm³/mol. The zero-order chi connectivity index (χ0) is 21.5. The quantitative estimate of drug-likeness (QED) is 0.474. The van der Waals surface area contributed by atoms with Gasteiger partial charge in [-0.2, -0.15) is 0 Å². The number of carbonyl (C=O) groups is 2. The van der Waals surface area contributed by atoms with Gasteiger partial charge in [-0.25, -0.2) is 9.59 Å². The summed E-state index contributed by atoms with van der Waals surface area (Å²) in [5, 5.41) is 9.03. The van der Waals surface area contributed by atoms with Gasteiger partial charge in [-0.15, -0.1) is 0 Å². The van der Waals surface area contributed by atoms with Crippen molar-refractivity contribution in [3.8, 4) is 0 Å². The molecule has 0 aliphatic carbocycles. The number of para-hydroxylation sites is 1. The van der Waals surface area contributed by atoms with E-state index in [0.29, 0.717) is 28.6 Å². The third-order valence-electron chi connectivity index (χ3n) is 4.48. The number of benzene rings is 3. The Morgan fingerprint density at radius 2 is 1.53 bits per heavy atom. The first-order valence-corrected chi connectivity index (χ1v) is 9.79. The van der Waals surface area contributed by atoms with Crippen molar-refractivity contribution in [1.82, 2.24) is 4.90 Å². The van der Waals surface area contributed by atoms with Crippen molar-refractivity contribution >= 4 is 40.7 Å². The standard InChI is InChI=1S/C23H23ClN4O2/c1-16-12-13-19(26-22(29)25-18-9-4-3-5-10-18)14-21(16)27-23(30)28(2)15-17-8-6-7-11-20(17)24/h3-14H,15H2,1-2H3,(H,27,30)(H2,25,26,29). The summed E-state index contributed by atoms with van der Waals surface area (Å²) in [5.41, 5.74) is 3.61. The van der Waals surface area contributed by atoms with E-state index in [1.807, 2.05) is 49.4 Å². The Morgan fingerprint density at radius 3 is 2.27 bits per heavy atom. The zero-order valence-electron chi connectivity index (χ0n) is 16.8. The van der Waals surface area contributed by atoms with Gasteiger partial charge in [-0.3, -0.25) is 0 Å². The minimum absolute atomic E-state index is 0.274. The number of urea groups is 2. The van der Waals surface area contributed by atoms with E-state index < -0.39 is 0 Å². The van der Waals surface area contributed by atoms with Gasteiger partial charge < -0.3 is 20.9 Å². The second-order valence-corrected chi connectivity index (χ2v) is 7.26. The van der Waals surface area contributed by atoms with Gasteiger partial charge in [0.15, 0.2) is 0 Å². The molecule has 0 aromatic heterocycles. The van der Waals surface area contributed by atoms with Crippen molar-refractivity contribution in [3.63, 3.8) is 0 Å². The number of rotatable bonds is 5. The summed E-state index contributed by atoms with van der Waals surface area (Å²) in [6, 6.07) is 21.3. The molecule has 3 rings (SSSR count). The Kier molecular flexibility index (Phi) is 6.93. The van der Waals surface area contributed by atoms with Crippen LogP contribution in [0.4, 0.5) is 26.7 Å². The first-order chi connectivity index (χ1) is 14.4. The first kappa shape index (κ1) is 21.2. The number of amides is 4. The highest BCUT2D eigenvalue weighted by molar-refractivity contribution is 6.31. The lowest BCUT2D eigenvalue weighted by Gasteiger charge is -2.20. The summed E-state index contributed by atoms with van der Waals surface area (Å²) in [4.78, 5) is 26.4. The van der Waals surface area contributed by atoms with Crippen LogP contribution in [0, 0.1) is 6.92 Å². The normalized spacial score (nSPS) is 10.2. The Hall–Kier alpha value is -3.51. The van der Waals surface area contributed by atoms with E-state index >= 15 is 0 Å². The molecule has 3 aromatic rings. The monoisotopic (exact) mass is 422 g/mol. The molecule has 0 aliphatic heterocycles. The average Bonchev–Trinajstić information content (AvgIpc) is 2.72. The van der Waals surface area contributed by atoms with Crippen LogP contribution in [-0.2, 0) is 6.54 Å². The van der Waals surface area contributed by atoms with E-state index in [-0.39, 0.29) is 12.1 Å². The molecule has 3 aromatic carbocycles. The van der Waals surface area contributed by atoms with Crippen molar-refractivity contribution < 1.29 is 9.59 Å². The highest BCUT2D eigenvalue weighted by Crippen LogP contribution is 2.22. The molecule has 3 N–H and O–H groups in total. The summed E-state index contributed by atoms with van der Waals surface area (Å²) < 4.78 is 0. The Morgan fingerprint density at radius 1 is 0.867 bits per heavy atom. The van der Waals surface area contributed by atoms with Gasteiger partial charge in [0.2, 0.25) is 0 Å². The minimum Gasteiger partial charge on any atom is -0.323 e. The van der Waals surface area contributed by atoms with Crippen LogP contribution in [0.25, 0.3) is 0 Å². The number of nitrogens with one attached hydrogen (secondary N) is 3. The van der Waals surface area contributed by atoms with E-state index in [1.165, 1.54) is 0 Å². The van der Waals surface area contributed by atoms with Gasteiger partial charge in [-0.1, -0.05) is 54.1 Å². The number of carbonyl (C=O) groups excluding carboxylic acids is 2. The van der Waals surface area contributed by atoms with Crippen LogP contribution < -0.4 is 16.0 Å². The fourth-order valence-electron chi connectivity index (χ4n) is 2.81. The van der Waals surface area contributed by atoms with Crippen molar-refractivity contribution in [2.45, 2.75) is 13.5 Å². The molecule has 0 fully saturated rings. The van der Waals surface area contributed by atoms with Gasteiger partial charge in [0.05, 0.1) is 0 Å². The lowest BCUT2D eigenvalue weighted by Crippen LogP contribution is -2.31. The van der Waals surface area contributed by atoms with Crippen LogP contribution in [0.3, 0.4) is 0 Å². The molecular formula is C23H23ClN4O2. The second-order valence-electron chi connectivity index (χ2n) is 6.85. The van der Waals surface area contributed by atoms with E-state index in [0.717, 1.165) is 11.1 Å². The topological polar surface area (TPSA) is 73.5 Å². The van der Waals surface area contributed by atoms with Crippen molar-refractivity contribution in [1.29, 1.82) is 0 Å². The maximum Gasteiger partial charge on any atom is 0.323 e. The summed E-state index contributed by atoms with van der Waals surface area (Å²) in [5.74, 6) is 0. The third-order valence-corrected chi connectivity index (χ3v) is 4.85. The summed E-state index contributed by atoms with van der Waals surface area (Å²) in [6.45, 7) is 2.26. The molecule has 0 saturated carbocycles. The third kappa shape index (κ3) is 5.75. The van der Waals surface area contributed by atoms with E-state index in [9.17, 15) is 9.59 Å². The van der Waals surface area contributed by atoms with E-state index in [1.54, 1.807) is 42.3 Å². The van der Waals surface area contributed by atoms with Crippen molar-refractivity contribution in [2.24, 2.45) is 0 Å². The maximum absolute atomic E-state index is 12.6. The number of nitrogens with zero attached hydrogens (tertiary/aromatic N) is 1. The molecule has 0 saturated heterocycles. The zero-order valence-corrected chi connectivity index (χ0v) is 17.5. The van der Waals surface area contributed by atoms with Gasteiger partial charge in [-0.05, 0) is 48.4 Å². The van der Waals surface area contributed by atoms with Crippen LogP contribution >= 0.6 is 11.6 Å². The number of anilines is 3. The van der Waals surface area contributed by atoms with Gasteiger partial charge >= 0.3 is 12.1 Å². The lowest BCUT2D eigenvalue weighted by molar-refractivity contribution is 0.220. The minimum atomic E-state index is -0.363. The van der Waals surface area contributed by atoms with Gasteiger partial charge in [0.25, 0.3) is 0 Å². The number of hydrogen-bond donors (Lipinski definition) is 3. The largest absolute Gasteiger partial charge is 0.323 e. The molecule has 6 nitrogen and oxygen atoms in total. The number of halogens is 1. The van der Waals surface area contributed by atoms with Crippen LogP contribution in [0.5, 0.6) is 0 Å². The molecule has 0 bridgehead atoms. The maximum atomic E-state index is 12.6. The summed E-state index contributed by atoms with van der Waals surface area (Å²) in [7, 11) is 1.70. The number of hydrogen-bond acceptors (Lipinski definition) is 2. The average molecular weight is 423 g/mol. The molecular weight excluding hydrogens is 400 g/mol. The Bertz CT molecular complexity index is 1040. The molecule has 0 spiro atoms. The van der Waals surface area contributed by atoms with Crippen LogP contribution in [0.2, 0.25) is 5.02 Å². The molecule has 0 radical (unpaired) electrons. The molecule has 0 heterocycles. The SMILES string of the molecule is Cc1ccc(NC(=O)Nc2ccccc2)cc1NC(=O)N(C)Cc1ccccc1Cl. The number of aryl methyl sites for hydroxylation is 1. The predicted octanol–water partition coefficient (Wildman–Crippen LogP) is 5.96. The fraction of sp³-hybridized carbons (Fsp3) is 0.130. The molecule has 0 aliphatic rings. The molecule has 30 heavy (non-hydrogen) atoms. The van der Waals surface area contributed by atoms with E-state index in [4.69, 9.17) is 11.6 Å². The summed E-state index contributed by atoms with van der Waals surface area (Å²) >= 11 is 6.18. The van der Waals surface area contributed by atoms with Gasteiger partial charge in [0, 0.05) is 35.7 Å². The fourth-order valence-corrected chi connectivity index (χ4v) is 3.01. The van der Waals surface area contributed by atoms with Crippen molar-refractivity contribution in [3.05, 3.63) is 88.9 Å². The van der Waals surface area contributed by atoms with Gasteiger partial charge in [0.1, 0.15) is 0 Å². The lowest BCUT2D eigenvalue weighted by atomic mass is 10.2.